The Hall–Kier alpha value is -2.01. The van der Waals surface area contributed by atoms with Crippen molar-refractivity contribution < 1.29 is 13.2 Å². The first-order valence-electron chi connectivity index (χ1n) is 8.28. The molecule has 0 heterocycles. The van der Waals surface area contributed by atoms with Gasteiger partial charge in [0.2, 0.25) is 0 Å². The van der Waals surface area contributed by atoms with Gasteiger partial charge in [0.05, 0.1) is 12.0 Å². The Labute approximate surface area is 144 Å². The van der Waals surface area contributed by atoms with Crippen LogP contribution in [0.2, 0.25) is 0 Å². The van der Waals surface area contributed by atoms with E-state index >= 15 is 0 Å². The van der Waals surface area contributed by atoms with E-state index in [1.54, 1.807) is 25.3 Å². The highest BCUT2D eigenvalue weighted by molar-refractivity contribution is 7.92. The van der Waals surface area contributed by atoms with Crippen molar-refractivity contribution in [1.82, 2.24) is 0 Å². The lowest BCUT2D eigenvalue weighted by Crippen LogP contribution is -2.13. The summed E-state index contributed by atoms with van der Waals surface area (Å²) >= 11 is 0. The van der Waals surface area contributed by atoms with E-state index in [1.807, 2.05) is 31.2 Å². The number of hydrogen-bond acceptors (Lipinski definition) is 3. The van der Waals surface area contributed by atoms with Gasteiger partial charge in [0, 0.05) is 5.69 Å². The summed E-state index contributed by atoms with van der Waals surface area (Å²) in [5.74, 6) is 0.705. The minimum absolute atomic E-state index is 0.246. The van der Waals surface area contributed by atoms with Crippen molar-refractivity contribution >= 4 is 15.7 Å². The van der Waals surface area contributed by atoms with Crippen LogP contribution in [0.25, 0.3) is 0 Å². The van der Waals surface area contributed by atoms with E-state index in [0.717, 1.165) is 24.8 Å². The number of rotatable bonds is 8. The number of sulfonamides is 1. The van der Waals surface area contributed by atoms with E-state index in [0.29, 0.717) is 17.9 Å². The lowest BCUT2D eigenvalue weighted by molar-refractivity contribution is 0.409. The molecule has 0 spiro atoms. The van der Waals surface area contributed by atoms with Crippen LogP contribution in [-0.4, -0.2) is 15.5 Å². The number of nitrogens with one attached hydrogen (secondary N) is 1. The fourth-order valence-corrected chi connectivity index (χ4v) is 3.64. The SMILES string of the molecule is CCCCc1ccc(NS(=O)(=O)c2ccc(OC)c(CC)c2)cc1. The fraction of sp³-hybridized carbons (Fsp3) is 0.368. The van der Waals surface area contributed by atoms with Crippen molar-refractivity contribution in [2.24, 2.45) is 0 Å². The van der Waals surface area contributed by atoms with Crippen LogP contribution in [0.5, 0.6) is 5.75 Å². The van der Waals surface area contributed by atoms with Gasteiger partial charge in [-0.15, -0.1) is 0 Å². The first-order chi connectivity index (χ1) is 11.5. The highest BCUT2D eigenvalue weighted by Gasteiger charge is 2.16. The van der Waals surface area contributed by atoms with Crippen molar-refractivity contribution in [3.8, 4) is 5.75 Å². The van der Waals surface area contributed by atoms with Gasteiger partial charge in [-0.25, -0.2) is 8.42 Å². The van der Waals surface area contributed by atoms with Crippen LogP contribution >= 0.6 is 0 Å². The molecule has 5 heteroatoms. The first-order valence-corrected chi connectivity index (χ1v) is 9.77. The molecule has 0 fully saturated rings. The zero-order valence-corrected chi connectivity index (χ0v) is 15.3. The second-order valence-electron chi connectivity index (χ2n) is 5.73. The molecule has 0 bridgehead atoms. The lowest BCUT2D eigenvalue weighted by Gasteiger charge is -2.12. The maximum Gasteiger partial charge on any atom is 0.261 e. The largest absolute Gasteiger partial charge is 0.496 e. The minimum atomic E-state index is -3.61. The molecule has 24 heavy (non-hydrogen) atoms. The molecule has 0 aliphatic rings. The second kappa shape index (κ2) is 8.20. The summed E-state index contributed by atoms with van der Waals surface area (Å²) < 4.78 is 33.0. The molecule has 0 radical (unpaired) electrons. The summed E-state index contributed by atoms with van der Waals surface area (Å²) in [6.45, 7) is 4.12. The van der Waals surface area contributed by atoms with Gasteiger partial charge in [-0.05, 0) is 60.7 Å². The molecule has 1 N–H and O–H groups in total. The molecule has 0 amide bonds. The summed E-state index contributed by atoms with van der Waals surface area (Å²) in [6, 6.07) is 12.5. The average Bonchev–Trinajstić information content (AvgIpc) is 2.60. The molecule has 4 nitrogen and oxygen atoms in total. The third-order valence-electron chi connectivity index (χ3n) is 3.97. The van der Waals surface area contributed by atoms with Crippen LogP contribution in [0.1, 0.15) is 37.8 Å². The third-order valence-corrected chi connectivity index (χ3v) is 5.35. The van der Waals surface area contributed by atoms with E-state index in [4.69, 9.17) is 4.74 Å². The third kappa shape index (κ3) is 4.51. The smallest absolute Gasteiger partial charge is 0.261 e. The highest BCUT2D eigenvalue weighted by Crippen LogP contribution is 2.24. The Kier molecular flexibility index (Phi) is 6.26. The van der Waals surface area contributed by atoms with E-state index in [9.17, 15) is 8.42 Å². The molecular formula is C19H25NO3S. The van der Waals surface area contributed by atoms with Gasteiger partial charge < -0.3 is 4.74 Å². The Balaban J connectivity index is 2.19. The standard InChI is InChI=1S/C19H25NO3S/c1-4-6-7-15-8-10-17(11-9-15)20-24(21,22)18-12-13-19(23-3)16(5-2)14-18/h8-14,20H,4-7H2,1-3H3. The van der Waals surface area contributed by atoms with Crippen molar-refractivity contribution in [2.75, 3.05) is 11.8 Å². The van der Waals surface area contributed by atoms with E-state index in [1.165, 1.54) is 5.56 Å². The molecule has 2 rings (SSSR count). The van der Waals surface area contributed by atoms with Gasteiger partial charge in [-0.2, -0.15) is 0 Å². The molecule has 130 valence electrons. The van der Waals surface area contributed by atoms with Crippen molar-refractivity contribution in [2.45, 2.75) is 44.4 Å². The molecule has 2 aromatic rings. The van der Waals surface area contributed by atoms with Gasteiger partial charge in [0.15, 0.2) is 0 Å². The van der Waals surface area contributed by atoms with Crippen molar-refractivity contribution in [3.05, 3.63) is 53.6 Å². The van der Waals surface area contributed by atoms with Crippen LogP contribution in [-0.2, 0) is 22.9 Å². The van der Waals surface area contributed by atoms with Crippen molar-refractivity contribution in [3.63, 3.8) is 0 Å². The zero-order chi connectivity index (χ0) is 17.6. The Morgan fingerprint density at radius 2 is 1.75 bits per heavy atom. The van der Waals surface area contributed by atoms with Crippen LogP contribution in [0.3, 0.4) is 0 Å². The molecule has 0 aliphatic carbocycles. The van der Waals surface area contributed by atoms with E-state index in [2.05, 4.69) is 11.6 Å². The van der Waals surface area contributed by atoms with Crippen molar-refractivity contribution in [1.29, 1.82) is 0 Å². The predicted octanol–water partition coefficient (Wildman–Crippen LogP) is 4.40. The molecule has 0 aromatic heterocycles. The van der Waals surface area contributed by atoms with Crippen LogP contribution in [0, 0.1) is 0 Å². The number of hydrogen-bond donors (Lipinski definition) is 1. The number of anilines is 1. The molecule has 0 atom stereocenters. The van der Waals surface area contributed by atoms with Gasteiger partial charge in [-0.1, -0.05) is 32.4 Å². The Morgan fingerprint density at radius 1 is 1.04 bits per heavy atom. The number of methoxy groups -OCH3 is 1. The molecular weight excluding hydrogens is 322 g/mol. The lowest BCUT2D eigenvalue weighted by atomic mass is 10.1. The normalized spacial score (nSPS) is 11.3. The molecule has 0 saturated heterocycles. The monoisotopic (exact) mass is 347 g/mol. The quantitative estimate of drug-likeness (QED) is 0.770. The van der Waals surface area contributed by atoms with Crippen LogP contribution in [0.4, 0.5) is 5.69 Å². The predicted molar refractivity (Wildman–Crippen MR) is 98.2 cm³/mol. The van der Waals surface area contributed by atoms with Gasteiger partial charge in [-0.3, -0.25) is 4.72 Å². The summed E-state index contributed by atoms with van der Waals surface area (Å²) in [4.78, 5) is 0.246. The number of benzene rings is 2. The summed E-state index contributed by atoms with van der Waals surface area (Å²) in [5, 5.41) is 0. The molecule has 0 saturated carbocycles. The van der Waals surface area contributed by atoms with Crippen LogP contribution < -0.4 is 9.46 Å². The topological polar surface area (TPSA) is 55.4 Å². The zero-order valence-electron chi connectivity index (χ0n) is 14.5. The van der Waals surface area contributed by atoms with Gasteiger partial charge in [0.1, 0.15) is 5.75 Å². The Morgan fingerprint density at radius 3 is 2.33 bits per heavy atom. The highest BCUT2D eigenvalue weighted by atomic mass is 32.2. The minimum Gasteiger partial charge on any atom is -0.496 e. The number of aryl methyl sites for hydroxylation is 2. The maximum atomic E-state index is 12.6. The maximum absolute atomic E-state index is 12.6. The van der Waals surface area contributed by atoms with Crippen LogP contribution in [0.15, 0.2) is 47.4 Å². The summed E-state index contributed by atoms with van der Waals surface area (Å²) in [5.41, 5.74) is 2.66. The van der Waals surface area contributed by atoms with E-state index in [-0.39, 0.29) is 4.90 Å². The number of ether oxygens (including phenoxy) is 1. The summed E-state index contributed by atoms with van der Waals surface area (Å²) in [7, 11) is -2.02. The Bertz CT molecular complexity index is 768. The van der Waals surface area contributed by atoms with Gasteiger partial charge >= 0.3 is 0 Å². The average molecular weight is 347 g/mol. The molecule has 2 aromatic carbocycles. The number of unbranched alkanes of at least 4 members (excludes halogenated alkanes) is 1. The molecule has 0 unspecified atom stereocenters. The second-order valence-corrected chi connectivity index (χ2v) is 7.42. The molecule has 0 aliphatic heterocycles. The van der Waals surface area contributed by atoms with E-state index < -0.39 is 10.0 Å². The van der Waals surface area contributed by atoms with Gasteiger partial charge in [0.25, 0.3) is 10.0 Å². The first kappa shape index (κ1) is 18.3. The summed E-state index contributed by atoms with van der Waals surface area (Å²) in [6.07, 6.45) is 4.00. The fourth-order valence-electron chi connectivity index (χ4n) is 2.53.